The number of thiophene rings is 1. The first-order valence-corrected chi connectivity index (χ1v) is 5.73. The van der Waals surface area contributed by atoms with Crippen LogP contribution < -0.4 is 5.73 Å². The average Bonchev–Trinajstić information content (AvgIpc) is 2.84. The van der Waals surface area contributed by atoms with Crippen LogP contribution in [0.3, 0.4) is 0 Å². The average molecular weight is 230 g/mol. The van der Waals surface area contributed by atoms with Crippen LogP contribution >= 0.6 is 11.3 Å². The summed E-state index contributed by atoms with van der Waals surface area (Å²) in [4.78, 5) is 6.75. The molecule has 0 fully saturated rings. The molecule has 0 aliphatic rings. The van der Waals surface area contributed by atoms with Crippen LogP contribution in [-0.4, -0.2) is 14.6 Å². The number of pyridine rings is 1. The van der Waals surface area contributed by atoms with Crippen LogP contribution in [0.25, 0.3) is 16.3 Å². The minimum Gasteiger partial charge on any atom is -0.396 e. The van der Waals surface area contributed by atoms with E-state index in [1.807, 2.05) is 24.4 Å². The molecule has 0 spiro atoms. The van der Waals surface area contributed by atoms with E-state index < -0.39 is 0 Å². The monoisotopic (exact) mass is 230 g/mol. The van der Waals surface area contributed by atoms with Crippen LogP contribution in [0, 0.1) is 6.92 Å². The quantitative estimate of drug-likeness (QED) is 0.698. The molecule has 0 unspecified atom stereocenters. The fraction of sp³-hybridized carbons (Fsp3) is 0.0909. The first kappa shape index (κ1) is 9.35. The molecule has 80 valence electrons. The number of nitrogen functional groups attached to an aromatic ring is 1. The fourth-order valence-electron chi connectivity index (χ4n) is 1.59. The Bertz CT molecular complexity index is 653. The minimum atomic E-state index is 0.648. The highest BCUT2D eigenvalue weighted by molar-refractivity contribution is 7.15. The van der Waals surface area contributed by atoms with Gasteiger partial charge in [0.25, 0.3) is 0 Å². The Kier molecular flexibility index (Phi) is 1.94. The van der Waals surface area contributed by atoms with Crippen LogP contribution in [0.2, 0.25) is 0 Å². The predicted octanol–water partition coefficient (Wildman–Crippen LogP) is 2.35. The van der Waals surface area contributed by atoms with Gasteiger partial charge in [-0.2, -0.15) is 0 Å². The number of fused-ring (bicyclic) bond motifs is 1. The van der Waals surface area contributed by atoms with E-state index >= 15 is 0 Å². The van der Waals surface area contributed by atoms with E-state index in [2.05, 4.69) is 23.1 Å². The lowest BCUT2D eigenvalue weighted by Gasteiger charge is -1.92. The van der Waals surface area contributed by atoms with Crippen molar-refractivity contribution in [2.45, 2.75) is 6.92 Å². The summed E-state index contributed by atoms with van der Waals surface area (Å²) in [6.07, 6.45) is 1.85. The molecule has 0 atom stereocenters. The topological polar surface area (TPSA) is 56.2 Å². The SMILES string of the molecule is Cc1ccc(-c2nc3c(N)cccn3n2)s1. The van der Waals surface area contributed by atoms with E-state index in [0.717, 1.165) is 10.7 Å². The Morgan fingerprint density at radius 2 is 2.19 bits per heavy atom. The van der Waals surface area contributed by atoms with Crippen molar-refractivity contribution in [1.82, 2.24) is 14.6 Å². The Hall–Kier alpha value is -1.88. The van der Waals surface area contributed by atoms with Crippen LogP contribution in [0.15, 0.2) is 30.5 Å². The number of aryl methyl sites for hydroxylation is 1. The van der Waals surface area contributed by atoms with E-state index in [4.69, 9.17) is 5.73 Å². The van der Waals surface area contributed by atoms with Gasteiger partial charge < -0.3 is 5.73 Å². The summed E-state index contributed by atoms with van der Waals surface area (Å²) in [5, 5.41) is 4.39. The van der Waals surface area contributed by atoms with E-state index in [-0.39, 0.29) is 0 Å². The zero-order chi connectivity index (χ0) is 11.1. The van der Waals surface area contributed by atoms with Gasteiger partial charge in [0.2, 0.25) is 0 Å². The highest BCUT2D eigenvalue weighted by Gasteiger charge is 2.09. The summed E-state index contributed by atoms with van der Waals surface area (Å²) >= 11 is 1.68. The van der Waals surface area contributed by atoms with Gasteiger partial charge in [-0.15, -0.1) is 16.4 Å². The van der Waals surface area contributed by atoms with Crippen molar-refractivity contribution in [2.24, 2.45) is 0 Å². The number of hydrogen-bond acceptors (Lipinski definition) is 4. The number of aromatic nitrogens is 3. The summed E-state index contributed by atoms with van der Waals surface area (Å²) in [5.74, 6) is 0.732. The van der Waals surface area contributed by atoms with Crippen molar-refractivity contribution in [3.05, 3.63) is 35.3 Å². The molecule has 5 heteroatoms. The molecule has 0 saturated carbocycles. The van der Waals surface area contributed by atoms with E-state index in [9.17, 15) is 0 Å². The van der Waals surface area contributed by atoms with Gasteiger partial charge in [0.05, 0.1) is 10.6 Å². The van der Waals surface area contributed by atoms with Crippen molar-refractivity contribution >= 4 is 22.7 Å². The number of rotatable bonds is 1. The molecule has 0 aliphatic carbocycles. The van der Waals surface area contributed by atoms with Crippen LogP contribution in [0.4, 0.5) is 5.69 Å². The lowest BCUT2D eigenvalue weighted by Crippen LogP contribution is -1.92. The van der Waals surface area contributed by atoms with Gasteiger partial charge in [0.1, 0.15) is 0 Å². The predicted molar refractivity (Wildman–Crippen MR) is 65.4 cm³/mol. The number of nitrogens with zero attached hydrogens (tertiary/aromatic N) is 3. The molecule has 0 aromatic carbocycles. The second kappa shape index (κ2) is 3.31. The largest absolute Gasteiger partial charge is 0.396 e. The fourth-order valence-corrected chi connectivity index (χ4v) is 2.38. The molecule has 3 aromatic heterocycles. The first-order valence-electron chi connectivity index (χ1n) is 4.92. The lowest BCUT2D eigenvalue weighted by molar-refractivity contribution is 0.968. The third-order valence-corrected chi connectivity index (χ3v) is 3.35. The molecule has 0 bridgehead atoms. The first-order chi connectivity index (χ1) is 7.74. The van der Waals surface area contributed by atoms with Gasteiger partial charge in [0, 0.05) is 11.1 Å². The van der Waals surface area contributed by atoms with Crippen LogP contribution in [0.5, 0.6) is 0 Å². The third kappa shape index (κ3) is 1.37. The highest BCUT2D eigenvalue weighted by atomic mass is 32.1. The standard InChI is InChI=1S/C11H10N4S/c1-7-4-5-9(16-7)10-13-11-8(12)3-2-6-15(11)14-10/h2-6H,12H2,1H3. The van der Waals surface area contributed by atoms with Gasteiger partial charge in [-0.3, -0.25) is 0 Å². The summed E-state index contributed by atoms with van der Waals surface area (Å²) in [6.45, 7) is 2.07. The number of nitrogens with two attached hydrogens (primary N) is 1. The molecule has 0 amide bonds. The van der Waals surface area contributed by atoms with Crippen molar-refractivity contribution in [2.75, 3.05) is 5.73 Å². The van der Waals surface area contributed by atoms with Crippen molar-refractivity contribution in [1.29, 1.82) is 0 Å². The molecule has 4 nitrogen and oxygen atoms in total. The third-order valence-electron chi connectivity index (χ3n) is 2.35. The van der Waals surface area contributed by atoms with Crippen LogP contribution in [-0.2, 0) is 0 Å². The maximum Gasteiger partial charge on any atom is 0.192 e. The van der Waals surface area contributed by atoms with Gasteiger partial charge in [-0.1, -0.05) is 0 Å². The molecule has 0 saturated heterocycles. The molecule has 2 N–H and O–H groups in total. The van der Waals surface area contributed by atoms with Gasteiger partial charge >= 0.3 is 0 Å². The summed E-state index contributed by atoms with van der Waals surface area (Å²) < 4.78 is 1.71. The van der Waals surface area contributed by atoms with Crippen LogP contribution in [0.1, 0.15) is 4.88 Å². The summed E-state index contributed by atoms with van der Waals surface area (Å²) in [5.41, 5.74) is 7.19. The minimum absolute atomic E-state index is 0.648. The van der Waals surface area contributed by atoms with E-state index in [1.54, 1.807) is 15.9 Å². The molecular formula is C11H10N4S. The van der Waals surface area contributed by atoms with E-state index in [0.29, 0.717) is 11.3 Å². The Morgan fingerprint density at radius 1 is 1.31 bits per heavy atom. The van der Waals surface area contributed by atoms with Gasteiger partial charge in [0.15, 0.2) is 11.5 Å². The van der Waals surface area contributed by atoms with Gasteiger partial charge in [-0.05, 0) is 31.2 Å². The van der Waals surface area contributed by atoms with Gasteiger partial charge in [-0.25, -0.2) is 9.50 Å². The van der Waals surface area contributed by atoms with E-state index in [1.165, 1.54) is 4.88 Å². The summed E-state index contributed by atoms with van der Waals surface area (Å²) in [7, 11) is 0. The zero-order valence-corrected chi connectivity index (χ0v) is 9.53. The molecule has 0 radical (unpaired) electrons. The maximum absolute atomic E-state index is 5.83. The molecule has 0 aliphatic heterocycles. The molecule has 3 rings (SSSR count). The smallest absolute Gasteiger partial charge is 0.192 e. The molecule has 3 aromatic rings. The van der Waals surface area contributed by atoms with Crippen molar-refractivity contribution < 1.29 is 0 Å². The Balaban J connectivity index is 2.22. The molecule has 16 heavy (non-hydrogen) atoms. The Morgan fingerprint density at radius 3 is 2.88 bits per heavy atom. The normalized spacial score (nSPS) is 11.1. The second-order valence-electron chi connectivity index (χ2n) is 3.58. The Labute approximate surface area is 96.4 Å². The maximum atomic E-state index is 5.83. The molecule has 3 heterocycles. The number of hydrogen-bond donors (Lipinski definition) is 1. The highest BCUT2D eigenvalue weighted by Crippen LogP contribution is 2.25. The summed E-state index contributed by atoms with van der Waals surface area (Å²) in [6, 6.07) is 7.79. The second-order valence-corrected chi connectivity index (χ2v) is 4.87. The van der Waals surface area contributed by atoms with Crippen molar-refractivity contribution in [3.63, 3.8) is 0 Å². The van der Waals surface area contributed by atoms with Crippen molar-refractivity contribution in [3.8, 4) is 10.7 Å². The molecular weight excluding hydrogens is 220 g/mol. The zero-order valence-electron chi connectivity index (χ0n) is 8.71. The number of anilines is 1. The lowest BCUT2D eigenvalue weighted by atomic mass is 10.4.